The monoisotopic (exact) mass is 378 g/mol. The average Bonchev–Trinajstić information content (AvgIpc) is 3.10. The summed E-state index contributed by atoms with van der Waals surface area (Å²) in [4.78, 5) is 16.7. The molecule has 0 bridgehead atoms. The van der Waals surface area contributed by atoms with Crippen LogP contribution in [-0.4, -0.2) is 30.5 Å². The number of fused-ring (bicyclic) bond motifs is 1. The van der Waals surface area contributed by atoms with E-state index in [0.717, 1.165) is 21.6 Å². The topological polar surface area (TPSA) is 68.0 Å². The smallest absolute Gasteiger partial charge is 0.262 e. The minimum Gasteiger partial charge on any atom is -0.482 e. The first-order valence-electron chi connectivity index (χ1n) is 8.45. The highest BCUT2D eigenvalue weighted by atomic mass is 32.1. The number of thiazole rings is 1. The molecule has 0 saturated carbocycles. The van der Waals surface area contributed by atoms with Gasteiger partial charge in [-0.25, -0.2) is 4.68 Å². The fourth-order valence-electron chi connectivity index (χ4n) is 2.78. The number of carbonyl (C=O) groups is 1. The highest BCUT2D eigenvalue weighted by molar-refractivity contribution is 7.07. The summed E-state index contributed by atoms with van der Waals surface area (Å²) in [7, 11) is 1.74. The molecule has 6 nitrogen and oxygen atoms in total. The van der Waals surface area contributed by atoms with Crippen LogP contribution in [0.2, 0.25) is 0 Å². The third-order valence-corrected chi connectivity index (χ3v) is 5.09. The van der Waals surface area contributed by atoms with Crippen LogP contribution in [0.4, 0.5) is 5.69 Å². The molecule has 0 atom stereocenters. The van der Waals surface area contributed by atoms with Gasteiger partial charge in [0.15, 0.2) is 6.61 Å². The minimum atomic E-state index is -0.153. The Bertz CT molecular complexity index is 1090. The Morgan fingerprint density at radius 2 is 2.04 bits per heavy atom. The van der Waals surface area contributed by atoms with Gasteiger partial charge in [0.05, 0.1) is 17.6 Å². The standard InChI is InChI=1S/C20H18N4O2S/c1-13-3-5-14(6-4-13)10-22-24-17(12-27-20(24)21-2)15-7-8-18-16(9-15)23-19(25)11-26-18/h3-10,12H,11H2,1-2H3,(H,23,25). The summed E-state index contributed by atoms with van der Waals surface area (Å²) in [6.07, 6.45) is 1.81. The molecule has 1 N–H and O–H groups in total. The van der Waals surface area contributed by atoms with Gasteiger partial charge in [-0.3, -0.25) is 9.79 Å². The third-order valence-electron chi connectivity index (χ3n) is 4.18. The Labute approximate surface area is 160 Å². The Kier molecular flexibility index (Phi) is 4.60. The maximum absolute atomic E-state index is 11.6. The summed E-state index contributed by atoms with van der Waals surface area (Å²) < 4.78 is 7.24. The molecule has 4 rings (SSSR count). The summed E-state index contributed by atoms with van der Waals surface area (Å²) >= 11 is 1.51. The van der Waals surface area contributed by atoms with Gasteiger partial charge in [0.1, 0.15) is 5.75 Å². The lowest BCUT2D eigenvalue weighted by Crippen LogP contribution is -2.25. The second kappa shape index (κ2) is 7.20. The predicted molar refractivity (Wildman–Crippen MR) is 108 cm³/mol. The molecule has 2 aromatic carbocycles. The summed E-state index contributed by atoms with van der Waals surface area (Å²) in [5, 5.41) is 9.47. The molecule has 0 fully saturated rings. The highest BCUT2D eigenvalue weighted by Gasteiger charge is 2.17. The van der Waals surface area contributed by atoms with Gasteiger partial charge in [-0.05, 0) is 30.7 Å². The van der Waals surface area contributed by atoms with Crippen LogP contribution in [0.1, 0.15) is 11.1 Å². The van der Waals surface area contributed by atoms with Crippen LogP contribution in [0, 0.1) is 6.92 Å². The lowest BCUT2D eigenvalue weighted by Gasteiger charge is -2.18. The maximum Gasteiger partial charge on any atom is 0.262 e. The summed E-state index contributed by atoms with van der Waals surface area (Å²) in [5.74, 6) is 0.517. The van der Waals surface area contributed by atoms with E-state index < -0.39 is 0 Å². The van der Waals surface area contributed by atoms with Crippen LogP contribution >= 0.6 is 11.3 Å². The lowest BCUT2D eigenvalue weighted by molar-refractivity contribution is -0.118. The fourth-order valence-corrected chi connectivity index (χ4v) is 3.58. The van der Waals surface area contributed by atoms with Crippen molar-refractivity contribution >= 4 is 29.1 Å². The average molecular weight is 378 g/mol. The van der Waals surface area contributed by atoms with Crippen LogP contribution in [0.25, 0.3) is 11.3 Å². The molecule has 0 aliphatic carbocycles. The first kappa shape index (κ1) is 17.2. The SMILES string of the molecule is CN=c1scc(-c2ccc3c(c2)NC(=O)CO3)n1N=Cc1ccc(C)cc1. The number of rotatable bonds is 3. The molecule has 27 heavy (non-hydrogen) atoms. The number of hydrogen-bond donors (Lipinski definition) is 1. The van der Waals surface area contributed by atoms with Gasteiger partial charge in [0.2, 0.25) is 4.80 Å². The van der Waals surface area contributed by atoms with E-state index in [4.69, 9.17) is 4.74 Å². The fraction of sp³-hybridized carbons (Fsp3) is 0.150. The molecule has 0 unspecified atom stereocenters. The van der Waals surface area contributed by atoms with Crippen molar-refractivity contribution in [3.63, 3.8) is 0 Å². The summed E-state index contributed by atoms with van der Waals surface area (Å²) in [5.41, 5.74) is 4.70. The van der Waals surface area contributed by atoms with E-state index >= 15 is 0 Å². The largest absolute Gasteiger partial charge is 0.482 e. The molecule has 0 radical (unpaired) electrons. The van der Waals surface area contributed by atoms with Gasteiger partial charge in [-0.2, -0.15) is 5.10 Å². The second-order valence-electron chi connectivity index (χ2n) is 6.14. The minimum absolute atomic E-state index is 0.0461. The predicted octanol–water partition coefficient (Wildman–Crippen LogP) is 3.27. The quantitative estimate of drug-likeness (QED) is 0.711. The normalized spacial score (nSPS) is 14.1. The van der Waals surface area contributed by atoms with Crippen molar-refractivity contribution in [2.75, 3.05) is 19.0 Å². The lowest BCUT2D eigenvalue weighted by atomic mass is 10.1. The highest BCUT2D eigenvalue weighted by Crippen LogP contribution is 2.32. The first-order valence-corrected chi connectivity index (χ1v) is 9.33. The Morgan fingerprint density at radius 3 is 2.81 bits per heavy atom. The van der Waals surface area contributed by atoms with Gasteiger partial charge < -0.3 is 10.1 Å². The number of benzene rings is 2. The van der Waals surface area contributed by atoms with Crippen LogP contribution in [-0.2, 0) is 4.79 Å². The van der Waals surface area contributed by atoms with Crippen molar-refractivity contribution in [3.8, 4) is 17.0 Å². The van der Waals surface area contributed by atoms with E-state index in [0.29, 0.717) is 11.4 Å². The summed E-state index contributed by atoms with van der Waals surface area (Å²) in [6.45, 7) is 2.10. The molecule has 0 saturated heterocycles. The molecule has 1 aromatic heterocycles. The number of nitrogens with zero attached hydrogens (tertiary/aromatic N) is 3. The van der Waals surface area contributed by atoms with Gasteiger partial charge in [0.25, 0.3) is 5.91 Å². The van der Waals surface area contributed by atoms with Crippen LogP contribution in [0.15, 0.2) is 57.9 Å². The van der Waals surface area contributed by atoms with Crippen molar-refractivity contribution in [3.05, 3.63) is 63.8 Å². The Morgan fingerprint density at radius 1 is 1.22 bits per heavy atom. The molecular formula is C20H18N4O2S. The third kappa shape index (κ3) is 3.54. The zero-order chi connectivity index (χ0) is 18.8. The zero-order valence-electron chi connectivity index (χ0n) is 15.0. The number of ether oxygens (including phenoxy) is 1. The van der Waals surface area contributed by atoms with Crippen molar-refractivity contribution in [1.82, 2.24) is 4.68 Å². The molecule has 1 amide bonds. The molecule has 7 heteroatoms. The van der Waals surface area contributed by atoms with E-state index in [9.17, 15) is 4.79 Å². The van der Waals surface area contributed by atoms with E-state index in [2.05, 4.69) is 34.5 Å². The van der Waals surface area contributed by atoms with Crippen LogP contribution in [0.5, 0.6) is 5.75 Å². The maximum atomic E-state index is 11.6. The number of carbonyl (C=O) groups excluding carboxylic acids is 1. The van der Waals surface area contributed by atoms with Crippen molar-refractivity contribution in [2.45, 2.75) is 6.92 Å². The number of nitrogens with one attached hydrogen (secondary N) is 1. The number of aryl methyl sites for hydroxylation is 1. The number of hydrogen-bond acceptors (Lipinski definition) is 5. The molecule has 2 heterocycles. The Balaban J connectivity index is 1.74. The van der Waals surface area contributed by atoms with Crippen LogP contribution in [0.3, 0.4) is 0 Å². The Hall–Kier alpha value is -3.19. The number of amides is 1. The van der Waals surface area contributed by atoms with Gasteiger partial charge >= 0.3 is 0 Å². The van der Waals surface area contributed by atoms with Gasteiger partial charge in [0, 0.05) is 18.0 Å². The van der Waals surface area contributed by atoms with E-state index in [-0.39, 0.29) is 12.5 Å². The molecular weight excluding hydrogens is 360 g/mol. The van der Waals surface area contributed by atoms with E-state index in [1.807, 2.05) is 41.9 Å². The van der Waals surface area contributed by atoms with Crippen molar-refractivity contribution < 1.29 is 9.53 Å². The van der Waals surface area contributed by atoms with Crippen LogP contribution < -0.4 is 14.9 Å². The number of anilines is 1. The van der Waals surface area contributed by atoms with Crippen molar-refractivity contribution in [1.29, 1.82) is 0 Å². The molecule has 1 aliphatic rings. The van der Waals surface area contributed by atoms with Gasteiger partial charge in [-0.15, -0.1) is 11.3 Å². The van der Waals surface area contributed by atoms with Crippen molar-refractivity contribution in [2.24, 2.45) is 10.1 Å². The van der Waals surface area contributed by atoms with E-state index in [1.54, 1.807) is 11.7 Å². The number of aromatic nitrogens is 1. The molecule has 3 aromatic rings. The first-order chi connectivity index (χ1) is 13.1. The molecule has 136 valence electrons. The molecule has 0 spiro atoms. The molecule has 1 aliphatic heterocycles. The zero-order valence-corrected chi connectivity index (χ0v) is 15.8. The van der Waals surface area contributed by atoms with Gasteiger partial charge in [-0.1, -0.05) is 29.8 Å². The van der Waals surface area contributed by atoms with E-state index in [1.165, 1.54) is 16.9 Å². The second-order valence-corrected chi connectivity index (χ2v) is 6.98. The summed E-state index contributed by atoms with van der Waals surface area (Å²) in [6, 6.07) is 13.9.